The molecule has 1 aliphatic heterocycles. The summed E-state index contributed by atoms with van der Waals surface area (Å²) in [4.78, 5) is 3.60. The Labute approximate surface area is 125 Å². The summed E-state index contributed by atoms with van der Waals surface area (Å²) < 4.78 is 27.2. The second kappa shape index (κ2) is 6.53. The number of hydrogen-bond acceptors (Lipinski definition) is 5. The molecule has 1 aromatic rings. The van der Waals surface area contributed by atoms with Crippen LogP contribution in [0.2, 0.25) is 0 Å². The molecule has 20 heavy (non-hydrogen) atoms. The Kier molecular flexibility index (Phi) is 5.19. The molecule has 0 bridgehead atoms. The summed E-state index contributed by atoms with van der Waals surface area (Å²) in [5.74, 6) is 0. The van der Waals surface area contributed by atoms with Crippen LogP contribution in [-0.2, 0) is 16.6 Å². The first-order chi connectivity index (χ1) is 9.50. The molecule has 0 amide bonds. The summed E-state index contributed by atoms with van der Waals surface area (Å²) in [6, 6.07) is 2.04. The van der Waals surface area contributed by atoms with Crippen LogP contribution in [0, 0.1) is 0 Å². The van der Waals surface area contributed by atoms with Crippen molar-refractivity contribution >= 4 is 21.4 Å². The fraction of sp³-hybridized carbons (Fsp3) is 0.692. The van der Waals surface area contributed by atoms with Crippen LogP contribution in [0.5, 0.6) is 0 Å². The minimum atomic E-state index is -3.36. The first-order valence-electron chi connectivity index (χ1n) is 6.92. The van der Waals surface area contributed by atoms with Gasteiger partial charge in [-0.1, -0.05) is 6.92 Å². The highest BCUT2D eigenvalue weighted by atomic mass is 32.2. The van der Waals surface area contributed by atoms with Crippen molar-refractivity contribution in [1.29, 1.82) is 0 Å². The van der Waals surface area contributed by atoms with Gasteiger partial charge in [-0.05, 0) is 32.0 Å². The molecule has 1 saturated heterocycles. The van der Waals surface area contributed by atoms with Crippen LogP contribution < -0.4 is 5.32 Å². The molecule has 1 fully saturated rings. The Hall–Kier alpha value is -0.470. The van der Waals surface area contributed by atoms with Crippen LogP contribution in [0.4, 0.5) is 0 Å². The summed E-state index contributed by atoms with van der Waals surface area (Å²) in [6.07, 6.45) is 0.968. The second-order valence-electron chi connectivity index (χ2n) is 5.14. The normalized spacial score (nSPS) is 22.2. The lowest BCUT2D eigenvalue weighted by Gasteiger charge is -2.38. The molecule has 0 spiro atoms. The van der Waals surface area contributed by atoms with E-state index < -0.39 is 10.0 Å². The van der Waals surface area contributed by atoms with Crippen molar-refractivity contribution in [2.24, 2.45) is 0 Å². The van der Waals surface area contributed by atoms with Crippen molar-refractivity contribution in [3.05, 3.63) is 16.3 Å². The highest BCUT2D eigenvalue weighted by molar-refractivity contribution is 7.89. The molecule has 0 aromatic carbocycles. The number of hydrogen-bond donors (Lipinski definition) is 1. The lowest BCUT2D eigenvalue weighted by molar-refractivity contribution is 0.144. The van der Waals surface area contributed by atoms with Crippen LogP contribution in [0.1, 0.15) is 18.2 Å². The number of sulfonamides is 1. The SMILES string of the molecule is CCC1CN(S(=O)(=O)c2ccsc2CNC)CCN1C. The van der Waals surface area contributed by atoms with Crippen molar-refractivity contribution in [2.45, 2.75) is 30.8 Å². The Balaban J connectivity index is 2.24. The smallest absolute Gasteiger partial charge is 0.244 e. The van der Waals surface area contributed by atoms with Gasteiger partial charge in [-0.3, -0.25) is 0 Å². The maximum absolute atomic E-state index is 12.8. The Morgan fingerprint density at radius 2 is 2.20 bits per heavy atom. The molecule has 0 saturated carbocycles. The zero-order chi connectivity index (χ0) is 14.8. The molecule has 5 nitrogen and oxygen atoms in total. The van der Waals surface area contributed by atoms with Gasteiger partial charge in [0.15, 0.2) is 0 Å². The molecule has 114 valence electrons. The summed E-state index contributed by atoms with van der Waals surface area (Å²) in [6.45, 7) is 4.66. The number of likely N-dealkylation sites (N-methyl/N-ethyl adjacent to an activating group) is 1. The van der Waals surface area contributed by atoms with Crippen LogP contribution in [-0.4, -0.2) is 57.4 Å². The monoisotopic (exact) mass is 317 g/mol. The number of thiophene rings is 1. The number of nitrogens with zero attached hydrogens (tertiary/aromatic N) is 2. The van der Waals surface area contributed by atoms with Crippen molar-refractivity contribution in [1.82, 2.24) is 14.5 Å². The van der Waals surface area contributed by atoms with E-state index in [1.165, 1.54) is 11.3 Å². The zero-order valence-corrected chi connectivity index (χ0v) is 13.9. The van der Waals surface area contributed by atoms with E-state index in [0.29, 0.717) is 30.6 Å². The van der Waals surface area contributed by atoms with Gasteiger partial charge in [-0.25, -0.2) is 8.42 Å². The molecular formula is C13H23N3O2S2. The fourth-order valence-corrected chi connectivity index (χ4v) is 5.46. The first-order valence-corrected chi connectivity index (χ1v) is 9.24. The van der Waals surface area contributed by atoms with Gasteiger partial charge in [-0.2, -0.15) is 4.31 Å². The average molecular weight is 317 g/mol. The van der Waals surface area contributed by atoms with Crippen LogP contribution in [0.3, 0.4) is 0 Å². The summed E-state index contributed by atoms with van der Waals surface area (Å²) in [5.41, 5.74) is 0. The Morgan fingerprint density at radius 1 is 1.45 bits per heavy atom. The van der Waals surface area contributed by atoms with E-state index in [2.05, 4.69) is 24.2 Å². The second-order valence-corrected chi connectivity index (χ2v) is 8.05. The maximum Gasteiger partial charge on any atom is 0.244 e. The third-order valence-corrected chi connectivity index (χ3v) is 6.87. The van der Waals surface area contributed by atoms with Gasteiger partial charge in [0.05, 0.1) is 4.90 Å². The molecule has 1 aromatic heterocycles. The van der Waals surface area contributed by atoms with Gasteiger partial charge in [0, 0.05) is 37.1 Å². The summed E-state index contributed by atoms with van der Waals surface area (Å²) >= 11 is 1.49. The topological polar surface area (TPSA) is 52.7 Å². The average Bonchev–Trinajstić information content (AvgIpc) is 2.88. The molecule has 7 heteroatoms. The van der Waals surface area contributed by atoms with Gasteiger partial charge >= 0.3 is 0 Å². The third kappa shape index (κ3) is 3.07. The molecule has 1 unspecified atom stereocenters. The molecule has 2 rings (SSSR count). The lowest BCUT2D eigenvalue weighted by Crippen LogP contribution is -2.52. The molecule has 1 atom stereocenters. The lowest BCUT2D eigenvalue weighted by atomic mass is 10.1. The molecule has 1 aliphatic rings. The van der Waals surface area contributed by atoms with Crippen molar-refractivity contribution in [3.63, 3.8) is 0 Å². The summed E-state index contributed by atoms with van der Waals surface area (Å²) in [5, 5.41) is 4.89. The standard InChI is InChI=1S/C13H23N3O2S2/c1-4-11-10-16(7-6-15(11)3)20(17,18)13-5-8-19-12(13)9-14-2/h5,8,11,14H,4,6-7,9-10H2,1-3H3. The predicted molar refractivity (Wildman–Crippen MR) is 82.6 cm³/mol. The minimum absolute atomic E-state index is 0.310. The molecular weight excluding hydrogens is 294 g/mol. The van der Waals surface area contributed by atoms with E-state index in [9.17, 15) is 8.42 Å². The predicted octanol–water partition coefficient (Wildman–Crippen LogP) is 1.18. The van der Waals surface area contributed by atoms with E-state index in [1.54, 1.807) is 10.4 Å². The molecule has 1 N–H and O–H groups in total. The molecule has 0 radical (unpaired) electrons. The first kappa shape index (κ1) is 15.9. The van der Waals surface area contributed by atoms with Gasteiger partial charge in [0.25, 0.3) is 0 Å². The summed E-state index contributed by atoms with van der Waals surface area (Å²) in [7, 11) is 0.536. The Bertz CT molecular complexity index is 542. The maximum atomic E-state index is 12.8. The van der Waals surface area contributed by atoms with E-state index in [4.69, 9.17) is 0 Å². The van der Waals surface area contributed by atoms with Gasteiger partial charge in [0.2, 0.25) is 10.0 Å². The van der Waals surface area contributed by atoms with Crippen molar-refractivity contribution in [2.75, 3.05) is 33.7 Å². The fourth-order valence-electron chi connectivity index (χ4n) is 2.56. The van der Waals surface area contributed by atoms with E-state index >= 15 is 0 Å². The van der Waals surface area contributed by atoms with Gasteiger partial charge in [0.1, 0.15) is 0 Å². The minimum Gasteiger partial charge on any atom is -0.315 e. The van der Waals surface area contributed by atoms with E-state index in [-0.39, 0.29) is 0 Å². The Morgan fingerprint density at radius 3 is 2.85 bits per heavy atom. The molecule has 2 heterocycles. The zero-order valence-electron chi connectivity index (χ0n) is 12.3. The highest BCUT2D eigenvalue weighted by Crippen LogP contribution is 2.27. The van der Waals surface area contributed by atoms with E-state index in [1.807, 2.05) is 12.4 Å². The van der Waals surface area contributed by atoms with Crippen molar-refractivity contribution < 1.29 is 8.42 Å². The largest absolute Gasteiger partial charge is 0.315 e. The van der Waals surface area contributed by atoms with Crippen LogP contribution >= 0.6 is 11.3 Å². The molecule has 0 aliphatic carbocycles. The highest BCUT2D eigenvalue weighted by Gasteiger charge is 2.33. The number of nitrogens with one attached hydrogen (secondary N) is 1. The third-order valence-electron chi connectivity index (χ3n) is 3.87. The number of rotatable bonds is 5. The van der Waals surface area contributed by atoms with Crippen LogP contribution in [0.25, 0.3) is 0 Å². The van der Waals surface area contributed by atoms with Gasteiger partial charge < -0.3 is 10.2 Å². The van der Waals surface area contributed by atoms with Crippen LogP contribution in [0.15, 0.2) is 16.3 Å². The quantitative estimate of drug-likeness (QED) is 0.886. The van der Waals surface area contributed by atoms with Gasteiger partial charge in [-0.15, -0.1) is 11.3 Å². The van der Waals surface area contributed by atoms with Crippen molar-refractivity contribution in [3.8, 4) is 0 Å². The number of piperazine rings is 1. The van der Waals surface area contributed by atoms with E-state index in [0.717, 1.165) is 17.8 Å².